The number of piperazine rings is 1. The number of rotatable bonds is 8. The Bertz CT molecular complexity index is 769. The molecule has 2 aromatic rings. The maximum Gasteiger partial charge on any atom is 0.194 e. The molecule has 0 aromatic carbocycles. The third kappa shape index (κ3) is 6.70. The lowest BCUT2D eigenvalue weighted by molar-refractivity contribution is 0.0377. The average molecular weight is 427 g/mol. The molecular weight excluding hydrogens is 392 g/mol. The van der Waals surface area contributed by atoms with E-state index in [1.807, 2.05) is 30.5 Å². The van der Waals surface area contributed by atoms with Crippen molar-refractivity contribution in [3.63, 3.8) is 0 Å². The summed E-state index contributed by atoms with van der Waals surface area (Å²) < 4.78 is 10.9. The fraction of sp³-hybridized carbons (Fsp3) is 0.565. The molecule has 4 rings (SSSR count). The van der Waals surface area contributed by atoms with Crippen LogP contribution in [-0.2, 0) is 11.2 Å². The summed E-state index contributed by atoms with van der Waals surface area (Å²) in [6.07, 6.45) is 5.51. The molecule has 168 valence electrons. The van der Waals surface area contributed by atoms with Gasteiger partial charge in [-0.2, -0.15) is 0 Å². The van der Waals surface area contributed by atoms with E-state index < -0.39 is 0 Å². The zero-order valence-corrected chi connectivity index (χ0v) is 18.3. The van der Waals surface area contributed by atoms with Crippen molar-refractivity contribution in [2.45, 2.75) is 12.8 Å². The van der Waals surface area contributed by atoms with Crippen molar-refractivity contribution >= 4 is 11.8 Å². The first-order valence-electron chi connectivity index (χ1n) is 11.4. The van der Waals surface area contributed by atoms with Gasteiger partial charge in [0.15, 0.2) is 5.96 Å². The second kappa shape index (κ2) is 11.7. The van der Waals surface area contributed by atoms with Crippen molar-refractivity contribution in [2.75, 3.05) is 77.0 Å². The van der Waals surface area contributed by atoms with Crippen LogP contribution in [0.4, 0.5) is 5.82 Å². The summed E-state index contributed by atoms with van der Waals surface area (Å²) in [6, 6.07) is 10.0. The van der Waals surface area contributed by atoms with E-state index >= 15 is 0 Å². The number of furan rings is 1. The van der Waals surface area contributed by atoms with E-state index in [1.165, 1.54) is 0 Å². The van der Waals surface area contributed by atoms with Gasteiger partial charge in [-0.3, -0.25) is 9.89 Å². The van der Waals surface area contributed by atoms with Gasteiger partial charge in [0.05, 0.1) is 19.5 Å². The number of anilines is 1. The van der Waals surface area contributed by atoms with Gasteiger partial charge in [-0.15, -0.1) is 0 Å². The fourth-order valence-corrected chi connectivity index (χ4v) is 4.01. The molecule has 0 spiro atoms. The minimum Gasteiger partial charge on any atom is -0.469 e. The highest BCUT2D eigenvalue weighted by Crippen LogP contribution is 2.12. The zero-order valence-electron chi connectivity index (χ0n) is 18.3. The Kier molecular flexibility index (Phi) is 8.18. The monoisotopic (exact) mass is 426 g/mol. The molecule has 0 aliphatic carbocycles. The molecule has 2 aliphatic heterocycles. The van der Waals surface area contributed by atoms with Crippen LogP contribution in [0.3, 0.4) is 0 Å². The van der Waals surface area contributed by atoms with Gasteiger partial charge < -0.3 is 24.3 Å². The third-order valence-corrected chi connectivity index (χ3v) is 5.78. The molecule has 0 radical (unpaired) electrons. The lowest BCUT2D eigenvalue weighted by atomic mass is 10.3. The average Bonchev–Trinajstić information content (AvgIpc) is 3.36. The summed E-state index contributed by atoms with van der Waals surface area (Å²) in [7, 11) is 0. The number of aliphatic imine (C=N–C) groups is 1. The summed E-state index contributed by atoms with van der Waals surface area (Å²) in [5, 5.41) is 3.57. The lowest BCUT2D eigenvalue weighted by Crippen LogP contribution is -2.53. The molecule has 2 saturated heterocycles. The molecule has 0 bridgehead atoms. The van der Waals surface area contributed by atoms with Crippen LogP contribution in [-0.4, -0.2) is 92.9 Å². The van der Waals surface area contributed by atoms with Gasteiger partial charge in [0, 0.05) is 71.5 Å². The second-order valence-electron chi connectivity index (χ2n) is 7.93. The van der Waals surface area contributed by atoms with Gasteiger partial charge in [0.2, 0.25) is 0 Å². The van der Waals surface area contributed by atoms with E-state index in [0.717, 1.165) is 102 Å². The van der Waals surface area contributed by atoms with Crippen LogP contribution in [0.25, 0.3) is 0 Å². The van der Waals surface area contributed by atoms with Crippen LogP contribution >= 0.6 is 0 Å². The molecule has 0 amide bonds. The van der Waals surface area contributed by atoms with Crippen molar-refractivity contribution in [2.24, 2.45) is 4.99 Å². The van der Waals surface area contributed by atoms with E-state index in [9.17, 15) is 0 Å². The Morgan fingerprint density at radius 3 is 2.65 bits per heavy atom. The Morgan fingerprint density at radius 2 is 1.90 bits per heavy atom. The summed E-state index contributed by atoms with van der Waals surface area (Å²) in [6.45, 7) is 10.3. The first-order valence-corrected chi connectivity index (χ1v) is 11.4. The minimum absolute atomic E-state index is 0.816. The summed E-state index contributed by atoms with van der Waals surface area (Å²) in [5.41, 5.74) is 0. The molecule has 1 N–H and O–H groups in total. The van der Waals surface area contributed by atoms with Gasteiger partial charge in [0.25, 0.3) is 0 Å². The van der Waals surface area contributed by atoms with Crippen molar-refractivity contribution in [3.8, 4) is 0 Å². The third-order valence-electron chi connectivity index (χ3n) is 5.78. The number of pyridine rings is 1. The number of morpholine rings is 1. The predicted octanol–water partition coefficient (Wildman–Crippen LogP) is 1.71. The lowest BCUT2D eigenvalue weighted by Gasteiger charge is -2.37. The first-order chi connectivity index (χ1) is 15.4. The van der Waals surface area contributed by atoms with Crippen LogP contribution in [0.2, 0.25) is 0 Å². The van der Waals surface area contributed by atoms with Crippen molar-refractivity contribution in [1.82, 2.24) is 20.1 Å². The van der Waals surface area contributed by atoms with Gasteiger partial charge in [-0.25, -0.2) is 4.98 Å². The highest BCUT2D eigenvalue weighted by Gasteiger charge is 2.20. The van der Waals surface area contributed by atoms with Crippen LogP contribution < -0.4 is 10.2 Å². The fourth-order valence-electron chi connectivity index (χ4n) is 4.01. The van der Waals surface area contributed by atoms with Gasteiger partial charge in [-0.1, -0.05) is 6.07 Å². The number of hydrogen-bond acceptors (Lipinski definition) is 6. The standard InChI is InChI=1S/C23H34N6O2/c1-2-8-24-22(6-1)28-12-14-29(15-13-28)23(26-10-7-21-5-3-18-31-21)25-9-4-11-27-16-19-30-20-17-27/h1-3,5-6,8,18H,4,7,9-17,19-20H2,(H,25,26). The highest BCUT2D eigenvalue weighted by molar-refractivity contribution is 5.80. The molecule has 2 aliphatic rings. The van der Waals surface area contributed by atoms with Gasteiger partial charge in [-0.05, 0) is 30.7 Å². The van der Waals surface area contributed by atoms with E-state index in [0.29, 0.717) is 0 Å². The smallest absolute Gasteiger partial charge is 0.194 e. The molecule has 4 heterocycles. The number of nitrogens with zero attached hydrogens (tertiary/aromatic N) is 5. The highest BCUT2D eigenvalue weighted by atomic mass is 16.5. The van der Waals surface area contributed by atoms with Crippen LogP contribution in [0, 0.1) is 0 Å². The Morgan fingerprint density at radius 1 is 1.03 bits per heavy atom. The predicted molar refractivity (Wildman–Crippen MR) is 123 cm³/mol. The molecule has 0 atom stereocenters. The SMILES string of the molecule is c1ccc(N2CCN(C(=NCCCN3CCOCC3)NCCc3ccco3)CC2)nc1. The Balaban J connectivity index is 1.29. The van der Waals surface area contributed by atoms with E-state index in [-0.39, 0.29) is 0 Å². The van der Waals surface area contributed by atoms with Gasteiger partial charge in [0.1, 0.15) is 11.6 Å². The number of nitrogens with one attached hydrogen (secondary N) is 1. The van der Waals surface area contributed by atoms with Crippen LogP contribution in [0.5, 0.6) is 0 Å². The Labute approximate surface area is 184 Å². The van der Waals surface area contributed by atoms with Crippen LogP contribution in [0.1, 0.15) is 12.2 Å². The topological polar surface area (TPSA) is 69.4 Å². The van der Waals surface area contributed by atoms with E-state index in [2.05, 4.69) is 31.1 Å². The Hall–Kier alpha value is -2.58. The molecular formula is C23H34N6O2. The zero-order chi connectivity index (χ0) is 21.1. The molecule has 8 heteroatoms. The van der Waals surface area contributed by atoms with Gasteiger partial charge >= 0.3 is 0 Å². The molecule has 8 nitrogen and oxygen atoms in total. The number of hydrogen-bond donors (Lipinski definition) is 1. The van der Waals surface area contributed by atoms with Crippen LogP contribution in [0.15, 0.2) is 52.2 Å². The van der Waals surface area contributed by atoms with Crippen molar-refractivity contribution < 1.29 is 9.15 Å². The summed E-state index contributed by atoms with van der Waals surface area (Å²) >= 11 is 0. The summed E-state index contributed by atoms with van der Waals surface area (Å²) in [5.74, 6) is 3.06. The molecule has 2 aromatic heterocycles. The molecule has 0 saturated carbocycles. The number of aromatic nitrogens is 1. The largest absolute Gasteiger partial charge is 0.469 e. The summed E-state index contributed by atoms with van der Waals surface area (Å²) in [4.78, 5) is 16.6. The molecule has 31 heavy (non-hydrogen) atoms. The maximum atomic E-state index is 5.47. The van der Waals surface area contributed by atoms with E-state index in [4.69, 9.17) is 14.1 Å². The normalized spacial score (nSPS) is 18.4. The quantitative estimate of drug-likeness (QED) is 0.391. The number of guanidine groups is 1. The van der Waals surface area contributed by atoms with E-state index in [1.54, 1.807) is 6.26 Å². The number of ether oxygens (including phenoxy) is 1. The van der Waals surface area contributed by atoms with Crippen molar-refractivity contribution in [1.29, 1.82) is 0 Å². The first kappa shape index (κ1) is 21.6. The second-order valence-corrected chi connectivity index (χ2v) is 7.93. The molecule has 2 fully saturated rings. The maximum absolute atomic E-state index is 5.47. The minimum atomic E-state index is 0.816. The van der Waals surface area contributed by atoms with Crippen molar-refractivity contribution in [3.05, 3.63) is 48.6 Å². The molecule has 0 unspecified atom stereocenters.